The molecule has 2 aromatic heterocycles. The Morgan fingerprint density at radius 1 is 1.42 bits per heavy atom. The van der Waals surface area contributed by atoms with Gasteiger partial charge in [-0.2, -0.15) is 18.3 Å². The molecule has 2 aromatic rings. The summed E-state index contributed by atoms with van der Waals surface area (Å²) in [7, 11) is 1.82. The molecule has 1 aliphatic rings. The Morgan fingerprint density at radius 2 is 2.19 bits per heavy atom. The summed E-state index contributed by atoms with van der Waals surface area (Å²) in [5.74, 6) is 0. The minimum atomic E-state index is -4.46. The number of allylic oxidation sites excluding steroid dienone is 2. The van der Waals surface area contributed by atoms with Gasteiger partial charge in [-0.15, -0.1) is 0 Å². The number of carbonyl (C=O) groups is 1. The van der Waals surface area contributed by atoms with E-state index in [-0.39, 0.29) is 5.03 Å². The van der Waals surface area contributed by atoms with Crippen molar-refractivity contribution in [1.82, 2.24) is 24.2 Å². The molecule has 1 unspecified atom stereocenters. The number of hydrazone groups is 1. The number of aldehydes is 1. The van der Waals surface area contributed by atoms with Gasteiger partial charge < -0.3 is 9.47 Å². The van der Waals surface area contributed by atoms with E-state index in [9.17, 15) is 18.0 Å². The van der Waals surface area contributed by atoms with E-state index in [1.807, 2.05) is 16.5 Å². The second-order valence-electron chi connectivity index (χ2n) is 6.69. The Labute approximate surface area is 196 Å². The molecule has 1 atom stereocenters. The number of fused-ring (bicyclic) bond motifs is 1. The highest BCUT2D eigenvalue weighted by Gasteiger charge is 2.32. The molecule has 0 N–H and O–H groups in total. The van der Waals surface area contributed by atoms with Crippen LogP contribution in [0.2, 0.25) is 0 Å². The van der Waals surface area contributed by atoms with E-state index < -0.39 is 11.9 Å². The maximum Gasteiger partial charge on any atom is 0.433 e. The topological polar surface area (TPSA) is 66.6 Å². The molecule has 0 aliphatic carbocycles. The average Bonchev–Trinajstić information content (AvgIpc) is 3.15. The van der Waals surface area contributed by atoms with E-state index >= 15 is 0 Å². The Balaban J connectivity index is 1.76. The molecular weight excluding hydrogens is 567 g/mol. The van der Waals surface area contributed by atoms with Crippen molar-refractivity contribution in [2.24, 2.45) is 5.10 Å². The molecule has 0 saturated carbocycles. The Kier molecular flexibility index (Phi) is 7.92. The summed E-state index contributed by atoms with van der Waals surface area (Å²) in [6, 6.07) is 2.40. The van der Waals surface area contributed by atoms with Crippen LogP contribution in [0, 0.1) is 0 Å². The van der Waals surface area contributed by atoms with Crippen LogP contribution in [0.3, 0.4) is 0 Å². The summed E-state index contributed by atoms with van der Waals surface area (Å²) in [5, 5.41) is 4.35. The molecule has 0 bridgehead atoms. The highest BCUT2D eigenvalue weighted by atomic mass is 127. The standard InChI is InChI=1S/C18H18ClF3IN6OP/c1-27(31-23)26-7-16(13(19)10-30)28-5-4-15-14(9-28)25-11-29(15)8-12-2-3-17(24-6-12)18(20,21)22/h2-3,6-7,10-11,31H,4-5,8-9H2,1H3/b16-13-,26-7?. The van der Waals surface area contributed by atoms with Gasteiger partial charge in [-0.3, -0.25) is 14.6 Å². The molecule has 3 rings (SSSR count). The predicted octanol–water partition coefficient (Wildman–Crippen LogP) is 4.21. The lowest BCUT2D eigenvalue weighted by Crippen LogP contribution is -2.32. The number of aromatic nitrogens is 3. The molecule has 31 heavy (non-hydrogen) atoms. The van der Waals surface area contributed by atoms with Crippen molar-refractivity contribution in [3.63, 3.8) is 0 Å². The highest BCUT2D eigenvalue weighted by molar-refractivity contribution is 14.2. The number of imidazole rings is 1. The van der Waals surface area contributed by atoms with Gasteiger partial charge in [-0.1, -0.05) is 17.7 Å². The number of alkyl halides is 3. The Morgan fingerprint density at radius 3 is 2.81 bits per heavy atom. The van der Waals surface area contributed by atoms with Crippen LogP contribution in [-0.2, 0) is 30.5 Å². The number of carbonyl (C=O) groups excluding carboxylic acids is 1. The summed E-state index contributed by atoms with van der Waals surface area (Å²) in [5.41, 5.74) is 2.05. The smallest absolute Gasteiger partial charge is 0.363 e. The second-order valence-corrected chi connectivity index (χ2v) is 9.36. The van der Waals surface area contributed by atoms with E-state index in [1.165, 1.54) is 12.3 Å². The van der Waals surface area contributed by atoms with Crippen LogP contribution in [0.4, 0.5) is 13.2 Å². The van der Waals surface area contributed by atoms with Crippen molar-refractivity contribution in [2.75, 3.05) is 13.6 Å². The average molecular weight is 585 g/mol. The quantitative estimate of drug-likeness (QED) is 0.122. The summed E-state index contributed by atoms with van der Waals surface area (Å²) >= 11 is 8.32. The highest BCUT2D eigenvalue weighted by Crippen LogP contribution is 2.28. The normalized spacial score (nSPS) is 15.5. The minimum absolute atomic E-state index is 0.0626. The zero-order valence-corrected chi connectivity index (χ0v) is 20.2. The van der Waals surface area contributed by atoms with Gasteiger partial charge in [0.2, 0.25) is 0 Å². The summed E-state index contributed by atoms with van der Waals surface area (Å²) in [4.78, 5) is 21.1. The van der Waals surface area contributed by atoms with Gasteiger partial charge in [0, 0.05) is 31.9 Å². The van der Waals surface area contributed by atoms with E-state index in [0.717, 1.165) is 17.5 Å². The Hall–Kier alpha value is -1.72. The number of halogens is 5. The molecule has 13 heteroatoms. The van der Waals surface area contributed by atoms with Gasteiger partial charge >= 0.3 is 6.18 Å². The first-order chi connectivity index (χ1) is 14.7. The van der Waals surface area contributed by atoms with Crippen LogP contribution in [0.15, 0.2) is 40.5 Å². The lowest BCUT2D eigenvalue weighted by Gasteiger charge is -2.30. The first-order valence-corrected chi connectivity index (χ1v) is 13.5. The summed E-state index contributed by atoms with van der Waals surface area (Å²) < 4.78 is 41.7. The number of rotatable bonds is 7. The zero-order chi connectivity index (χ0) is 22.6. The fourth-order valence-corrected chi connectivity index (χ4v) is 3.76. The van der Waals surface area contributed by atoms with Crippen molar-refractivity contribution in [3.05, 3.63) is 58.0 Å². The first kappa shape index (κ1) is 23.9. The maximum atomic E-state index is 12.7. The molecule has 0 spiro atoms. The van der Waals surface area contributed by atoms with Crippen molar-refractivity contribution in [3.8, 4) is 0 Å². The molecule has 7 nitrogen and oxygen atoms in total. The van der Waals surface area contributed by atoms with Gasteiger partial charge in [0.05, 0.1) is 43.4 Å². The summed E-state index contributed by atoms with van der Waals surface area (Å²) in [6.45, 7) is 1.40. The van der Waals surface area contributed by atoms with Crippen LogP contribution in [0.5, 0.6) is 0 Å². The predicted molar refractivity (Wildman–Crippen MR) is 122 cm³/mol. The maximum absolute atomic E-state index is 12.7. The molecule has 3 heterocycles. The molecular formula is C18H18ClF3IN6OP. The second kappa shape index (κ2) is 10.3. The molecule has 0 fully saturated rings. The van der Waals surface area contributed by atoms with E-state index in [1.54, 1.807) is 17.3 Å². The van der Waals surface area contributed by atoms with Crippen molar-refractivity contribution in [1.29, 1.82) is 0 Å². The van der Waals surface area contributed by atoms with Crippen molar-refractivity contribution < 1.29 is 18.0 Å². The minimum Gasteiger partial charge on any atom is -0.363 e. The largest absolute Gasteiger partial charge is 0.433 e. The van der Waals surface area contributed by atoms with Gasteiger partial charge in [0.15, 0.2) is 6.29 Å². The number of nitrogens with zero attached hydrogens (tertiary/aromatic N) is 6. The van der Waals surface area contributed by atoms with Gasteiger partial charge in [0.1, 0.15) is 10.7 Å². The zero-order valence-electron chi connectivity index (χ0n) is 16.3. The molecule has 1 aliphatic heterocycles. The molecule has 0 aromatic carbocycles. The third-order valence-electron chi connectivity index (χ3n) is 4.62. The van der Waals surface area contributed by atoms with Gasteiger partial charge in [-0.25, -0.2) is 4.98 Å². The van der Waals surface area contributed by atoms with Gasteiger partial charge in [-0.05, 0) is 33.7 Å². The summed E-state index contributed by atoms with van der Waals surface area (Å²) in [6.07, 6.45) is 1.66. The van der Waals surface area contributed by atoms with Crippen LogP contribution in [0.1, 0.15) is 22.6 Å². The van der Waals surface area contributed by atoms with Crippen molar-refractivity contribution >= 4 is 52.5 Å². The van der Waals surface area contributed by atoms with Crippen LogP contribution in [-0.4, -0.2) is 50.3 Å². The van der Waals surface area contributed by atoms with Crippen molar-refractivity contribution in [2.45, 2.75) is 25.7 Å². The van der Waals surface area contributed by atoms with E-state index in [4.69, 9.17) is 11.6 Å². The fraction of sp³-hybridized carbons (Fsp3) is 0.333. The molecule has 0 radical (unpaired) electrons. The molecule has 0 amide bonds. The number of hydrogen-bond donors (Lipinski definition) is 0. The van der Waals surface area contributed by atoms with Crippen LogP contribution >= 0.6 is 40.0 Å². The molecule has 166 valence electrons. The lowest BCUT2D eigenvalue weighted by molar-refractivity contribution is -0.141. The Bertz CT molecular complexity index is 995. The van der Waals surface area contributed by atoms with E-state index in [0.29, 0.717) is 50.0 Å². The van der Waals surface area contributed by atoms with Crippen LogP contribution < -0.4 is 0 Å². The monoisotopic (exact) mass is 584 g/mol. The SMILES string of the molecule is CN(N=C/C(=C(/Cl)C=O)N1CCc2c(ncn2Cc2ccc(C(F)(F)F)nc2)C1)PI. The number of hydrogen-bond acceptors (Lipinski definition) is 6. The molecule has 0 saturated heterocycles. The lowest BCUT2D eigenvalue weighted by atomic mass is 10.1. The third-order valence-corrected chi connectivity index (χ3v) is 7.36. The fourth-order valence-electron chi connectivity index (χ4n) is 3.11. The van der Waals surface area contributed by atoms with Crippen LogP contribution in [0.25, 0.3) is 0 Å². The van der Waals surface area contributed by atoms with E-state index in [2.05, 4.69) is 37.1 Å². The van der Waals surface area contributed by atoms with Gasteiger partial charge in [0.25, 0.3) is 0 Å². The first-order valence-electron chi connectivity index (χ1n) is 9.01. The third kappa shape index (κ3) is 5.95. The number of pyridine rings is 1.